The highest BCUT2D eigenvalue weighted by Crippen LogP contribution is 2.20. The monoisotopic (exact) mass is 281 g/mol. The Balaban J connectivity index is 2.35. The van der Waals surface area contributed by atoms with Gasteiger partial charge in [-0.3, -0.25) is 14.9 Å². The van der Waals surface area contributed by atoms with Crippen LogP contribution in [0.3, 0.4) is 0 Å². The average Bonchev–Trinajstić information content (AvgIpc) is 2.29. The van der Waals surface area contributed by atoms with Gasteiger partial charge in [-0.05, 0) is 24.3 Å². The molecule has 1 rings (SSSR count). The third kappa shape index (κ3) is 6.46. The van der Waals surface area contributed by atoms with Crippen molar-refractivity contribution in [1.29, 1.82) is 0 Å². The molecule has 0 saturated carbocycles. The molecule has 1 aromatic carbocycles. The summed E-state index contributed by atoms with van der Waals surface area (Å²) < 4.78 is 0. The van der Waals surface area contributed by atoms with E-state index in [1.165, 1.54) is 18.7 Å². The number of anilines is 1. The first kappa shape index (κ1) is 15.0. The molecule has 0 radical (unpaired) electrons. The van der Waals surface area contributed by atoms with Crippen LogP contribution in [0.5, 0.6) is 0 Å². The van der Waals surface area contributed by atoms with Crippen molar-refractivity contribution in [2.24, 2.45) is 5.73 Å². The topological polar surface area (TPSA) is 101 Å². The van der Waals surface area contributed by atoms with Crippen LogP contribution in [0.2, 0.25) is 0 Å². The lowest BCUT2D eigenvalue weighted by molar-refractivity contribution is -0.119. The van der Waals surface area contributed by atoms with Crippen LogP contribution >= 0.6 is 11.8 Å². The van der Waals surface area contributed by atoms with Crippen molar-refractivity contribution in [3.8, 4) is 0 Å². The third-order valence-corrected chi connectivity index (χ3v) is 3.05. The molecule has 0 saturated heterocycles. The number of imide groups is 1. The smallest absolute Gasteiger partial charge is 0.318 e. The summed E-state index contributed by atoms with van der Waals surface area (Å²) in [5, 5.41) is 4.66. The van der Waals surface area contributed by atoms with Crippen molar-refractivity contribution >= 4 is 35.3 Å². The molecule has 1 aromatic rings. The molecule has 4 N–H and O–H groups in total. The molecule has 0 fully saturated rings. The maximum atomic E-state index is 11.1. The molecule has 0 aromatic heterocycles. The lowest BCUT2D eigenvalue weighted by Gasteiger charge is -2.04. The number of hydrogen-bond donors (Lipinski definition) is 3. The van der Waals surface area contributed by atoms with Crippen LogP contribution in [-0.2, 0) is 9.59 Å². The lowest BCUT2D eigenvalue weighted by atomic mass is 10.3. The molecule has 0 heterocycles. The molecule has 19 heavy (non-hydrogen) atoms. The molecule has 7 heteroatoms. The zero-order valence-corrected chi connectivity index (χ0v) is 11.3. The van der Waals surface area contributed by atoms with Gasteiger partial charge in [-0.15, -0.1) is 11.8 Å². The van der Waals surface area contributed by atoms with Gasteiger partial charge in [0.25, 0.3) is 0 Å². The summed E-state index contributed by atoms with van der Waals surface area (Å²) in [6.07, 6.45) is 0.209. The predicted octanol–water partition coefficient (Wildman–Crippen LogP) is 1.32. The quantitative estimate of drug-likeness (QED) is 0.708. The van der Waals surface area contributed by atoms with Gasteiger partial charge < -0.3 is 11.1 Å². The SMILES string of the molecule is CC(=O)Nc1ccc(SCCC(=O)NC(N)=O)cc1. The molecule has 0 aliphatic rings. The van der Waals surface area contributed by atoms with E-state index in [2.05, 4.69) is 5.32 Å². The van der Waals surface area contributed by atoms with E-state index in [1.54, 1.807) is 12.1 Å². The Morgan fingerprint density at radius 1 is 1.21 bits per heavy atom. The van der Waals surface area contributed by atoms with E-state index in [1.807, 2.05) is 17.4 Å². The molecule has 6 nitrogen and oxygen atoms in total. The largest absolute Gasteiger partial charge is 0.351 e. The summed E-state index contributed by atoms with van der Waals surface area (Å²) in [6, 6.07) is 6.43. The Kier molecular flexibility index (Phi) is 5.87. The highest BCUT2D eigenvalue weighted by molar-refractivity contribution is 7.99. The molecule has 0 aliphatic carbocycles. The molecule has 0 unspecified atom stereocenters. The Labute approximate surface area is 115 Å². The summed E-state index contributed by atoms with van der Waals surface area (Å²) in [4.78, 5) is 33.4. The number of rotatable bonds is 5. The van der Waals surface area contributed by atoms with Gasteiger partial charge in [0, 0.05) is 29.7 Å². The maximum absolute atomic E-state index is 11.1. The lowest BCUT2D eigenvalue weighted by Crippen LogP contribution is -2.35. The average molecular weight is 281 g/mol. The van der Waals surface area contributed by atoms with Gasteiger partial charge in [0.15, 0.2) is 0 Å². The summed E-state index contributed by atoms with van der Waals surface area (Å²) in [6.45, 7) is 1.44. The van der Waals surface area contributed by atoms with E-state index < -0.39 is 11.9 Å². The number of nitrogens with two attached hydrogens (primary N) is 1. The maximum Gasteiger partial charge on any atom is 0.318 e. The van der Waals surface area contributed by atoms with Gasteiger partial charge >= 0.3 is 6.03 Å². The van der Waals surface area contributed by atoms with Crippen LogP contribution in [0.4, 0.5) is 10.5 Å². The van der Waals surface area contributed by atoms with E-state index in [0.717, 1.165) is 10.6 Å². The number of amides is 4. The highest BCUT2D eigenvalue weighted by atomic mass is 32.2. The second kappa shape index (κ2) is 7.42. The first-order valence-electron chi connectivity index (χ1n) is 5.57. The minimum absolute atomic E-state index is 0.122. The second-order valence-electron chi connectivity index (χ2n) is 3.72. The molecule has 0 atom stereocenters. The van der Waals surface area contributed by atoms with Crippen LogP contribution in [0.25, 0.3) is 0 Å². The fraction of sp³-hybridized carbons (Fsp3) is 0.250. The van der Waals surface area contributed by atoms with Crippen molar-refractivity contribution in [3.05, 3.63) is 24.3 Å². The summed E-state index contributed by atoms with van der Waals surface area (Å²) in [5.74, 6) is 0.0249. The van der Waals surface area contributed by atoms with E-state index in [0.29, 0.717) is 5.75 Å². The molecule has 102 valence electrons. The first-order chi connectivity index (χ1) is 8.97. The predicted molar refractivity (Wildman–Crippen MR) is 73.8 cm³/mol. The fourth-order valence-electron chi connectivity index (χ4n) is 1.30. The fourth-order valence-corrected chi connectivity index (χ4v) is 2.15. The normalized spacial score (nSPS) is 9.74. The standard InChI is InChI=1S/C12H15N3O3S/c1-8(16)14-9-2-4-10(5-3-9)19-7-6-11(17)15-12(13)18/h2-5H,6-7H2,1H3,(H,14,16)(H3,13,15,17,18). The van der Waals surface area contributed by atoms with E-state index in [-0.39, 0.29) is 12.3 Å². The number of hydrogen-bond acceptors (Lipinski definition) is 4. The van der Waals surface area contributed by atoms with Crippen LogP contribution in [0.1, 0.15) is 13.3 Å². The Morgan fingerprint density at radius 3 is 2.37 bits per heavy atom. The number of nitrogens with one attached hydrogen (secondary N) is 2. The van der Waals surface area contributed by atoms with E-state index in [4.69, 9.17) is 5.73 Å². The zero-order valence-electron chi connectivity index (χ0n) is 10.4. The summed E-state index contributed by atoms with van der Waals surface area (Å²) >= 11 is 1.48. The summed E-state index contributed by atoms with van der Waals surface area (Å²) in [5.41, 5.74) is 5.55. The molecule has 0 aliphatic heterocycles. The minimum atomic E-state index is -0.838. The van der Waals surface area contributed by atoms with E-state index in [9.17, 15) is 14.4 Å². The van der Waals surface area contributed by atoms with Crippen LogP contribution in [0, 0.1) is 0 Å². The first-order valence-corrected chi connectivity index (χ1v) is 6.55. The van der Waals surface area contributed by atoms with E-state index >= 15 is 0 Å². The number of benzene rings is 1. The number of carbonyl (C=O) groups excluding carboxylic acids is 3. The van der Waals surface area contributed by atoms with Gasteiger partial charge in [0.05, 0.1) is 0 Å². The van der Waals surface area contributed by atoms with Crippen molar-refractivity contribution < 1.29 is 14.4 Å². The van der Waals surface area contributed by atoms with Crippen LogP contribution < -0.4 is 16.4 Å². The molecular weight excluding hydrogens is 266 g/mol. The van der Waals surface area contributed by atoms with Gasteiger partial charge in [-0.1, -0.05) is 0 Å². The van der Waals surface area contributed by atoms with Gasteiger partial charge in [0.2, 0.25) is 11.8 Å². The Morgan fingerprint density at radius 2 is 1.84 bits per heavy atom. The van der Waals surface area contributed by atoms with Crippen LogP contribution in [0.15, 0.2) is 29.2 Å². The molecule has 0 spiro atoms. The zero-order chi connectivity index (χ0) is 14.3. The third-order valence-electron chi connectivity index (χ3n) is 2.04. The number of thioether (sulfide) groups is 1. The van der Waals surface area contributed by atoms with Crippen molar-refractivity contribution in [1.82, 2.24) is 5.32 Å². The molecular formula is C12H15N3O3S. The van der Waals surface area contributed by atoms with Crippen molar-refractivity contribution in [2.75, 3.05) is 11.1 Å². The van der Waals surface area contributed by atoms with Gasteiger partial charge in [-0.25, -0.2) is 4.79 Å². The van der Waals surface area contributed by atoms with Crippen molar-refractivity contribution in [2.45, 2.75) is 18.2 Å². The van der Waals surface area contributed by atoms with Gasteiger partial charge in [0.1, 0.15) is 0 Å². The Hall–Kier alpha value is -2.02. The minimum Gasteiger partial charge on any atom is -0.351 e. The number of primary amides is 1. The van der Waals surface area contributed by atoms with Crippen LogP contribution in [-0.4, -0.2) is 23.6 Å². The summed E-state index contributed by atoms with van der Waals surface area (Å²) in [7, 11) is 0. The Bertz CT molecular complexity index is 474. The second-order valence-corrected chi connectivity index (χ2v) is 4.88. The number of urea groups is 1. The number of carbonyl (C=O) groups is 3. The highest BCUT2D eigenvalue weighted by Gasteiger charge is 2.04. The van der Waals surface area contributed by atoms with Gasteiger partial charge in [-0.2, -0.15) is 0 Å². The van der Waals surface area contributed by atoms with Crippen molar-refractivity contribution in [3.63, 3.8) is 0 Å². The molecule has 4 amide bonds. The molecule has 0 bridgehead atoms.